The minimum Gasteiger partial charge on any atom is -0.469 e. The highest BCUT2D eigenvalue weighted by Gasteiger charge is 2.52. The molecule has 4 saturated carbocycles. The van der Waals surface area contributed by atoms with Crippen LogP contribution in [0.2, 0.25) is 0 Å². The highest BCUT2D eigenvalue weighted by atomic mass is 16.5. The van der Waals surface area contributed by atoms with Crippen LogP contribution >= 0.6 is 0 Å². The fraction of sp³-hybridized carbons (Fsp3) is 0.520. The SMILES string of the molecule is COC(=O)C12CCC(C=Cc3c(-c4ccccc4C)noc3C3CC3)(CC1)CC2. The van der Waals surface area contributed by atoms with E-state index in [0.29, 0.717) is 5.92 Å². The molecule has 4 aliphatic rings. The lowest BCUT2D eigenvalue weighted by atomic mass is 9.53. The number of nitrogens with zero attached hydrogens (tertiary/aromatic N) is 1. The molecule has 0 atom stereocenters. The van der Waals surface area contributed by atoms with E-state index >= 15 is 0 Å². The van der Waals surface area contributed by atoms with Crippen molar-refractivity contribution in [2.24, 2.45) is 10.8 Å². The minimum atomic E-state index is -0.229. The maximum absolute atomic E-state index is 12.3. The predicted octanol–water partition coefficient (Wildman–Crippen LogP) is 6.05. The van der Waals surface area contributed by atoms with Gasteiger partial charge in [-0.2, -0.15) is 0 Å². The van der Waals surface area contributed by atoms with Gasteiger partial charge in [-0.25, -0.2) is 0 Å². The Bertz CT molecular complexity index is 942. The maximum atomic E-state index is 12.3. The number of fused-ring (bicyclic) bond motifs is 3. The lowest BCUT2D eigenvalue weighted by molar-refractivity contribution is -0.161. The number of hydrogen-bond acceptors (Lipinski definition) is 4. The third kappa shape index (κ3) is 3.13. The van der Waals surface area contributed by atoms with Crippen molar-refractivity contribution in [3.8, 4) is 11.3 Å². The fourth-order valence-electron chi connectivity index (χ4n) is 5.39. The Morgan fingerprint density at radius 2 is 1.83 bits per heavy atom. The second-order valence-corrected chi connectivity index (χ2v) is 9.37. The first-order valence-corrected chi connectivity index (χ1v) is 10.9. The summed E-state index contributed by atoms with van der Waals surface area (Å²) in [6.45, 7) is 2.13. The van der Waals surface area contributed by atoms with Crippen molar-refractivity contribution in [2.75, 3.05) is 7.11 Å². The van der Waals surface area contributed by atoms with E-state index in [1.807, 2.05) is 0 Å². The van der Waals surface area contributed by atoms with Gasteiger partial charge in [-0.3, -0.25) is 4.79 Å². The normalized spacial score (nSPS) is 28.8. The second kappa shape index (κ2) is 6.86. The molecule has 1 heterocycles. The van der Waals surface area contributed by atoms with Crippen LogP contribution in [0.4, 0.5) is 0 Å². The van der Waals surface area contributed by atoms with Crippen LogP contribution in [0.5, 0.6) is 0 Å². The summed E-state index contributed by atoms with van der Waals surface area (Å²) in [7, 11) is 1.52. The fourth-order valence-corrected chi connectivity index (χ4v) is 5.39. The van der Waals surface area contributed by atoms with Crippen LogP contribution < -0.4 is 0 Å². The maximum Gasteiger partial charge on any atom is 0.311 e. The zero-order valence-corrected chi connectivity index (χ0v) is 17.4. The number of aromatic nitrogens is 1. The number of benzene rings is 1. The minimum absolute atomic E-state index is 0.00771. The van der Waals surface area contributed by atoms with Crippen molar-refractivity contribution >= 4 is 12.0 Å². The molecular formula is C25H29NO3. The summed E-state index contributed by atoms with van der Waals surface area (Å²) in [5.74, 6) is 1.56. The Morgan fingerprint density at radius 3 is 2.45 bits per heavy atom. The van der Waals surface area contributed by atoms with E-state index < -0.39 is 0 Å². The third-order valence-corrected chi connectivity index (χ3v) is 7.63. The molecule has 4 fully saturated rings. The number of rotatable bonds is 5. The molecule has 4 aliphatic carbocycles. The van der Waals surface area contributed by atoms with Gasteiger partial charge in [0.2, 0.25) is 0 Å². The molecule has 1 aromatic heterocycles. The molecule has 6 rings (SSSR count). The van der Waals surface area contributed by atoms with Crippen LogP contribution in [-0.2, 0) is 9.53 Å². The highest BCUT2D eigenvalue weighted by molar-refractivity contribution is 5.78. The number of ether oxygens (including phenoxy) is 1. The molecule has 0 N–H and O–H groups in total. The van der Waals surface area contributed by atoms with Crippen molar-refractivity contribution in [1.82, 2.24) is 5.16 Å². The molecule has 0 saturated heterocycles. The molecule has 2 aromatic rings. The second-order valence-electron chi connectivity index (χ2n) is 9.37. The predicted molar refractivity (Wildman–Crippen MR) is 112 cm³/mol. The smallest absolute Gasteiger partial charge is 0.311 e. The Morgan fingerprint density at radius 1 is 1.14 bits per heavy atom. The van der Waals surface area contributed by atoms with Gasteiger partial charge in [0, 0.05) is 17.0 Å². The number of allylic oxidation sites excluding steroid dienone is 1. The number of carbonyl (C=O) groups is 1. The monoisotopic (exact) mass is 391 g/mol. The van der Waals surface area contributed by atoms with Crippen LogP contribution in [0.25, 0.3) is 17.3 Å². The van der Waals surface area contributed by atoms with Gasteiger partial charge in [-0.1, -0.05) is 41.6 Å². The standard InChI is InChI=1S/C25H29NO3/c1-17-5-3-4-6-19(17)21-20(22(29-26-21)18-7-8-18)9-10-24-11-14-25(15-12-24,16-13-24)23(27)28-2/h3-6,9-10,18H,7-8,11-16H2,1-2H3. The molecule has 4 heteroatoms. The number of carbonyl (C=O) groups excluding carboxylic acids is 1. The molecule has 0 spiro atoms. The summed E-state index contributed by atoms with van der Waals surface area (Å²) in [6.07, 6.45) is 13.1. The molecule has 2 bridgehead atoms. The lowest BCUT2D eigenvalue weighted by Gasteiger charge is -2.50. The van der Waals surface area contributed by atoms with E-state index in [0.717, 1.165) is 61.1 Å². The first-order chi connectivity index (χ1) is 14.1. The molecule has 4 nitrogen and oxygen atoms in total. The summed E-state index contributed by atoms with van der Waals surface area (Å²) in [5, 5.41) is 4.49. The van der Waals surface area contributed by atoms with Crippen LogP contribution in [0.15, 0.2) is 34.9 Å². The van der Waals surface area contributed by atoms with Crippen LogP contribution in [0.3, 0.4) is 0 Å². The van der Waals surface area contributed by atoms with Gasteiger partial charge in [0.15, 0.2) is 0 Å². The Kier molecular flexibility index (Phi) is 4.41. The van der Waals surface area contributed by atoms with Crippen molar-refractivity contribution in [3.63, 3.8) is 0 Å². The Labute approximate surface area is 172 Å². The summed E-state index contributed by atoms with van der Waals surface area (Å²) >= 11 is 0. The number of methoxy groups -OCH3 is 1. The Balaban J connectivity index is 1.45. The topological polar surface area (TPSA) is 52.3 Å². The van der Waals surface area contributed by atoms with Crippen LogP contribution in [-0.4, -0.2) is 18.2 Å². The van der Waals surface area contributed by atoms with E-state index in [1.54, 1.807) is 0 Å². The van der Waals surface area contributed by atoms with Crippen molar-refractivity contribution in [1.29, 1.82) is 0 Å². The zero-order valence-electron chi connectivity index (χ0n) is 17.4. The van der Waals surface area contributed by atoms with Crippen LogP contribution in [0.1, 0.15) is 74.2 Å². The number of esters is 1. The van der Waals surface area contributed by atoms with Crippen molar-refractivity contribution in [3.05, 3.63) is 47.2 Å². The van der Waals surface area contributed by atoms with E-state index in [4.69, 9.17) is 9.26 Å². The van der Waals surface area contributed by atoms with Gasteiger partial charge in [0.05, 0.1) is 12.5 Å². The molecular weight excluding hydrogens is 362 g/mol. The van der Waals surface area contributed by atoms with Crippen molar-refractivity contribution < 1.29 is 14.1 Å². The summed E-state index contributed by atoms with van der Waals surface area (Å²) in [5.41, 5.74) is 4.45. The van der Waals surface area contributed by atoms with Gasteiger partial charge < -0.3 is 9.26 Å². The third-order valence-electron chi connectivity index (χ3n) is 7.63. The van der Waals surface area contributed by atoms with Gasteiger partial charge in [-0.05, 0) is 69.3 Å². The molecule has 0 unspecified atom stereocenters. The van der Waals surface area contributed by atoms with Crippen molar-refractivity contribution in [2.45, 2.75) is 64.2 Å². The largest absolute Gasteiger partial charge is 0.469 e. The first-order valence-electron chi connectivity index (χ1n) is 10.9. The number of hydrogen-bond donors (Lipinski definition) is 0. The number of aryl methyl sites for hydroxylation is 1. The molecule has 1 aromatic carbocycles. The van der Waals surface area contributed by atoms with Gasteiger partial charge in [-0.15, -0.1) is 0 Å². The van der Waals surface area contributed by atoms with Gasteiger partial charge >= 0.3 is 5.97 Å². The van der Waals surface area contributed by atoms with E-state index in [9.17, 15) is 4.79 Å². The van der Waals surface area contributed by atoms with E-state index in [2.05, 4.69) is 48.5 Å². The van der Waals surface area contributed by atoms with E-state index in [-0.39, 0.29) is 16.8 Å². The molecule has 0 aliphatic heterocycles. The molecule has 0 radical (unpaired) electrons. The average molecular weight is 392 g/mol. The lowest BCUT2D eigenvalue weighted by Crippen LogP contribution is -2.45. The quantitative estimate of drug-likeness (QED) is 0.582. The van der Waals surface area contributed by atoms with Crippen LogP contribution in [0, 0.1) is 17.8 Å². The van der Waals surface area contributed by atoms with E-state index in [1.165, 1.54) is 25.5 Å². The van der Waals surface area contributed by atoms with Gasteiger partial charge in [0.1, 0.15) is 11.5 Å². The molecule has 152 valence electrons. The van der Waals surface area contributed by atoms with Gasteiger partial charge in [0.25, 0.3) is 0 Å². The summed E-state index contributed by atoms with van der Waals surface area (Å²) in [4.78, 5) is 12.3. The summed E-state index contributed by atoms with van der Waals surface area (Å²) < 4.78 is 11.0. The highest BCUT2D eigenvalue weighted by Crippen LogP contribution is 2.58. The molecule has 29 heavy (non-hydrogen) atoms. The first kappa shape index (κ1) is 18.7. The molecule has 0 amide bonds. The Hall–Kier alpha value is -2.36. The average Bonchev–Trinajstić information content (AvgIpc) is 3.53. The zero-order chi connectivity index (χ0) is 20.1. The summed E-state index contributed by atoms with van der Waals surface area (Å²) in [6, 6.07) is 8.38.